The van der Waals surface area contributed by atoms with Gasteiger partial charge in [-0.3, -0.25) is 4.79 Å². The molecule has 2 aromatic rings. The van der Waals surface area contributed by atoms with Crippen LogP contribution in [0.1, 0.15) is 0 Å². The standard InChI is InChI=1S/C11H9BrFN3O2S/c1-16-10(7-4-6(12)2-3-8(7)13)14-15-11(16)19-5-9(17)18/h2-4H,5H2,1H3,(H,17,18). The van der Waals surface area contributed by atoms with E-state index in [4.69, 9.17) is 5.11 Å². The molecule has 0 amide bonds. The van der Waals surface area contributed by atoms with Gasteiger partial charge in [0.25, 0.3) is 0 Å². The van der Waals surface area contributed by atoms with Gasteiger partial charge in [-0.1, -0.05) is 27.7 Å². The van der Waals surface area contributed by atoms with Gasteiger partial charge in [-0.15, -0.1) is 10.2 Å². The average Bonchev–Trinajstić information content (AvgIpc) is 2.71. The van der Waals surface area contributed by atoms with E-state index in [-0.39, 0.29) is 5.75 Å². The van der Waals surface area contributed by atoms with E-state index in [2.05, 4.69) is 26.1 Å². The van der Waals surface area contributed by atoms with Gasteiger partial charge in [-0.05, 0) is 18.2 Å². The zero-order valence-corrected chi connectivity index (χ0v) is 12.2. The van der Waals surface area contributed by atoms with Gasteiger partial charge >= 0.3 is 5.97 Å². The van der Waals surface area contributed by atoms with Crippen LogP contribution in [0.3, 0.4) is 0 Å². The van der Waals surface area contributed by atoms with Gasteiger partial charge in [-0.2, -0.15) is 0 Å². The quantitative estimate of drug-likeness (QED) is 0.862. The van der Waals surface area contributed by atoms with Crippen LogP contribution >= 0.6 is 27.7 Å². The minimum atomic E-state index is -0.941. The third kappa shape index (κ3) is 3.13. The van der Waals surface area contributed by atoms with Gasteiger partial charge in [-0.25, -0.2) is 4.39 Å². The Morgan fingerprint density at radius 1 is 1.53 bits per heavy atom. The Bertz CT molecular complexity index is 632. The van der Waals surface area contributed by atoms with Crippen molar-refractivity contribution in [3.8, 4) is 11.4 Å². The molecule has 19 heavy (non-hydrogen) atoms. The lowest BCUT2D eigenvalue weighted by molar-refractivity contribution is -0.133. The van der Waals surface area contributed by atoms with E-state index in [1.165, 1.54) is 6.07 Å². The molecule has 0 atom stereocenters. The molecule has 5 nitrogen and oxygen atoms in total. The van der Waals surface area contributed by atoms with Crippen LogP contribution in [0.25, 0.3) is 11.4 Å². The number of thioether (sulfide) groups is 1. The Balaban J connectivity index is 2.36. The number of benzene rings is 1. The number of aromatic nitrogens is 3. The topological polar surface area (TPSA) is 68.0 Å². The molecule has 0 bridgehead atoms. The molecule has 0 spiro atoms. The van der Waals surface area contributed by atoms with Crippen LogP contribution in [0.15, 0.2) is 27.8 Å². The Morgan fingerprint density at radius 3 is 2.95 bits per heavy atom. The lowest BCUT2D eigenvalue weighted by Crippen LogP contribution is -2.01. The Morgan fingerprint density at radius 2 is 2.26 bits per heavy atom. The second-order valence-electron chi connectivity index (χ2n) is 3.67. The number of halogens is 2. The molecule has 0 saturated heterocycles. The Hall–Kier alpha value is -1.41. The number of carbonyl (C=O) groups is 1. The van der Waals surface area contributed by atoms with Crippen LogP contribution in [0.2, 0.25) is 0 Å². The maximum Gasteiger partial charge on any atom is 0.313 e. The third-order valence-corrected chi connectivity index (χ3v) is 3.83. The molecule has 8 heteroatoms. The molecule has 1 aromatic carbocycles. The van der Waals surface area contributed by atoms with Crippen LogP contribution in [-0.2, 0) is 11.8 Å². The summed E-state index contributed by atoms with van der Waals surface area (Å²) in [6, 6.07) is 4.53. The number of hydrogen-bond donors (Lipinski definition) is 1. The number of nitrogens with zero attached hydrogens (tertiary/aromatic N) is 3. The molecule has 100 valence electrons. The van der Waals surface area contributed by atoms with Gasteiger partial charge in [0.2, 0.25) is 0 Å². The van der Waals surface area contributed by atoms with Gasteiger partial charge < -0.3 is 9.67 Å². The SMILES string of the molecule is Cn1c(SCC(=O)O)nnc1-c1cc(Br)ccc1F. The summed E-state index contributed by atoms with van der Waals surface area (Å²) in [6.07, 6.45) is 0. The third-order valence-electron chi connectivity index (χ3n) is 2.33. The molecular formula is C11H9BrFN3O2S. The molecule has 2 rings (SSSR count). The fraction of sp³-hybridized carbons (Fsp3) is 0.182. The summed E-state index contributed by atoms with van der Waals surface area (Å²) in [6.45, 7) is 0. The molecule has 1 N–H and O–H groups in total. The van der Waals surface area contributed by atoms with Crippen molar-refractivity contribution in [3.05, 3.63) is 28.5 Å². The van der Waals surface area contributed by atoms with Crippen LogP contribution in [0.5, 0.6) is 0 Å². The van der Waals surface area contributed by atoms with Crippen molar-refractivity contribution in [2.75, 3.05) is 5.75 Å². The van der Waals surface area contributed by atoms with Crippen LogP contribution in [0, 0.1) is 5.82 Å². The van der Waals surface area contributed by atoms with Gasteiger partial charge in [0.1, 0.15) is 5.82 Å². The monoisotopic (exact) mass is 345 g/mol. The van der Waals surface area contributed by atoms with Crippen LogP contribution in [0.4, 0.5) is 4.39 Å². The summed E-state index contributed by atoms with van der Waals surface area (Å²) < 4.78 is 16.1. The average molecular weight is 346 g/mol. The normalized spacial score (nSPS) is 10.7. The van der Waals surface area contributed by atoms with E-state index in [9.17, 15) is 9.18 Å². The molecular weight excluding hydrogens is 337 g/mol. The minimum absolute atomic E-state index is 0.118. The largest absolute Gasteiger partial charge is 0.481 e. The Labute approximate surface area is 121 Å². The number of aliphatic carboxylic acids is 1. The first-order valence-electron chi connectivity index (χ1n) is 5.18. The molecule has 0 aliphatic carbocycles. The van der Waals surface area contributed by atoms with Crippen LogP contribution < -0.4 is 0 Å². The highest BCUT2D eigenvalue weighted by Crippen LogP contribution is 2.27. The zero-order chi connectivity index (χ0) is 14.0. The van der Waals surface area contributed by atoms with E-state index in [1.807, 2.05) is 0 Å². The van der Waals surface area contributed by atoms with Crippen molar-refractivity contribution in [1.82, 2.24) is 14.8 Å². The van der Waals surface area contributed by atoms with Crippen molar-refractivity contribution in [2.24, 2.45) is 7.05 Å². The number of rotatable bonds is 4. The van der Waals surface area contributed by atoms with Crippen LogP contribution in [-0.4, -0.2) is 31.6 Å². The second kappa shape index (κ2) is 5.70. The first-order valence-corrected chi connectivity index (χ1v) is 6.96. The summed E-state index contributed by atoms with van der Waals surface area (Å²) in [5, 5.41) is 16.8. The highest BCUT2D eigenvalue weighted by atomic mass is 79.9. The van der Waals surface area contributed by atoms with E-state index in [0.717, 1.165) is 16.2 Å². The predicted molar refractivity (Wildman–Crippen MR) is 72.5 cm³/mol. The minimum Gasteiger partial charge on any atom is -0.481 e. The fourth-order valence-electron chi connectivity index (χ4n) is 1.47. The molecule has 0 saturated carbocycles. The van der Waals surface area contributed by atoms with Crippen molar-refractivity contribution in [2.45, 2.75) is 5.16 Å². The van der Waals surface area contributed by atoms with Crippen molar-refractivity contribution >= 4 is 33.7 Å². The fourth-order valence-corrected chi connectivity index (χ4v) is 2.46. The van der Waals surface area contributed by atoms with E-state index < -0.39 is 11.8 Å². The molecule has 0 aliphatic rings. The van der Waals surface area contributed by atoms with Crippen molar-refractivity contribution in [1.29, 1.82) is 0 Å². The molecule has 0 fully saturated rings. The van der Waals surface area contributed by atoms with Crippen molar-refractivity contribution < 1.29 is 14.3 Å². The summed E-state index contributed by atoms with van der Waals surface area (Å²) in [5.41, 5.74) is 0.312. The van der Waals surface area contributed by atoms with E-state index in [0.29, 0.717) is 16.5 Å². The summed E-state index contributed by atoms with van der Waals surface area (Å²) in [4.78, 5) is 10.5. The summed E-state index contributed by atoms with van der Waals surface area (Å²) >= 11 is 4.30. The summed E-state index contributed by atoms with van der Waals surface area (Å²) in [7, 11) is 1.67. The maximum atomic E-state index is 13.8. The van der Waals surface area contributed by atoms with E-state index >= 15 is 0 Å². The van der Waals surface area contributed by atoms with Gasteiger partial charge in [0.05, 0.1) is 11.3 Å². The van der Waals surface area contributed by atoms with Gasteiger partial charge in [0.15, 0.2) is 11.0 Å². The number of carboxylic acid groups (broad SMARTS) is 1. The zero-order valence-electron chi connectivity index (χ0n) is 9.80. The highest BCUT2D eigenvalue weighted by Gasteiger charge is 2.15. The molecule has 0 aliphatic heterocycles. The maximum absolute atomic E-state index is 13.8. The summed E-state index contributed by atoms with van der Waals surface area (Å²) in [5.74, 6) is -1.12. The molecule has 1 aromatic heterocycles. The lowest BCUT2D eigenvalue weighted by Gasteiger charge is -2.04. The second-order valence-corrected chi connectivity index (χ2v) is 5.53. The molecule has 0 unspecified atom stereocenters. The molecule has 1 heterocycles. The van der Waals surface area contributed by atoms with E-state index in [1.54, 1.807) is 23.7 Å². The highest BCUT2D eigenvalue weighted by molar-refractivity contribution is 9.10. The number of carboxylic acids is 1. The number of hydrogen-bond acceptors (Lipinski definition) is 4. The van der Waals surface area contributed by atoms with Gasteiger partial charge in [0, 0.05) is 11.5 Å². The lowest BCUT2D eigenvalue weighted by atomic mass is 10.2. The Kier molecular flexibility index (Phi) is 4.20. The predicted octanol–water partition coefficient (Wildman–Crippen LogP) is 2.56. The smallest absolute Gasteiger partial charge is 0.313 e. The first-order chi connectivity index (χ1) is 8.99. The van der Waals surface area contributed by atoms with Crippen molar-refractivity contribution in [3.63, 3.8) is 0 Å². The first kappa shape index (κ1) is 14.0. The molecule has 0 radical (unpaired) electrons.